The molecule has 0 saturated carbocycles. The van der Waals surface area contributed by atoms with Gasteiger partial charge in [0.1, 0.15) is 0 Å². The van der Waals surface area contributed by atoms with Crippen LogP contribution in [-0.4, -0.2) is 50.2 Å². The van der Waals surface area contributed by atoms with Crippen LogP contribution in [0.1, 0.15) is 25.7 Å². The monoisotopic (exact) mass is 226 g/mol. The van der Waals surface area contributed by atoms with Gasteiger partial charge in [-0.05, 0) is 31.7 Å². The number of ether oxygens (including phenoxy) is 1. The predicted molar refractivity (Wildman–Crippen MR) is 62.2 cm³/mol. The molecule has 16 heavy (non-hydrogen) atoms. The molecular formula is C12H22N2O2. The quantitative estimate of drug-likeness (QED) is 0.767. The molecule has 2 saturated heterocycles. The molecule has 1 N–H and O–H groups in total. The zero-order valence-corrected chi connectivity index (χ0v) is 10.1. The van der Waals surface area contributed by atoms with Crippen LogP contribution in [0.5, 0.6) is 0 Å². The summed E-state index contributed by atoms with van der Waals surface area (Å²) in [4.78, 5) is 14.0. The molecule has 2 rings (SSSR count). The fraction of sp³-hybridized carbons (Fsp3) is 0.917. The average molecular weight is 226 g/mol. The maximum Gasteiger partial charge on any atom is 0.222 e. The summed E-state index contributed by atoms with van der Waals surface area (Å²) in [6, 6.07) is 0.410. The fourth-order valence-electron chi connectivity index (χ4n) is 2.52. The van der Waals surface area contributed by atoms with Gasteiger partial charge in [-0.15, -0.1) is 0 Å². The highest BCUT2D eigenvalue weighted by Crippen LogP contribution is 2.20. The number of hydrogen-bond acceptors (Lipinski definition) is 3. The van der Waals surface area contributed by atoms with Crippen LogP contribution in [0.2, 0.25) is 0 Å². The minimum absolute atomic E-state index is 0.306. The Morgan fingerprint density at radius 2 is 2.12 bits per heavy atom. The lowest BCUT2D eigenvalue weighted by Crippen LogP contribution is -2.39. The van der Waals surface area contributed by atoms with Crippen LogP contribution in [0, 0.1) is 5.92 Å². The van der Waals surface area contributed by atoms with Crippen molar-refractivity contribution >= 4 is 5.91 Å². The Morgan fingerprint density at radius 3 is 2.75 bits per heavy atom. The van der Waals surface area contributed by atoms with Crippen molar-refractivity contribution in [1.82, 2.24) is 10.2 Å². The molecule has 1 amide bonds. The first-order chi connectivity index (χ1) is 7.77. The molecule has 4 nitrogen and oxygen atoms in total. The Labute approximate surface area is 97.3 Å². The summed E-state index contributed by atoms with van der Waals surface area (Å²) in [5, 5.41) is 3.30. The van der Waals surface area contributed by atoms with Crippen LogP contribution in [0.15, 0.2) is 0 Å². The van der Waals surface area contributed by atoms with Gasteiger partial charge in [0.2, 0.25) is 5.91 Å². The predicted octanol–water partition coefficient (Wildman–Crippen LogP) is 0.623. The molecule has 2 aliphatic heterocycles. The van der Waals surface area contributed by atoms with E-state index in [9.17, 15) is 4.79 Å². The number of carbonyl (C=O) groups excluding carboxylic acids is 1. The summed E-state index contributed by atoms with van der Waals surface area (Å²) in [5.41, 5.74) is 0. The lowest BCUT2D eigenvalue weighted by atomic mass is 9.96. The minimum atomic E-state index is 0.306. The molecule has 0 bridgehead atoms. The summed E-state index contributed by atoms with van der Waals surface area (Å²) < 4.78 is 5.31. The Kier molecular flexibility index (Phi) is 4.18. The second kappa shape index (κ2) is 5.64. The van der Waals surface area contributed by atoms with E-state index in [0.29, 0.717) is 24.3 Å². The Hall–Kier alpha value is -0.610. The van der Waals surface area contributed by atoms with Crippen LogP contribution in [-0.2, 0) is 9.53 Å². The first-order valence-electron chi connectivity index (χ1n) is 6.31. The molecule has 0 radical (unpaired) electrons. The highest BCUT2D eigenvalue weighted by atomic mass is 16.5. The minimum Gasteiger partial charge on any atom is -0.381 e. The van der Waals surface area contributed by atoms with Gasteiger partial charge in [0.05, 0.1) is 0 Å². The summed E-state index contributed by atoms with van der Waals surface area (Å²) in [7, 11) is 1.94. The van der Waals surface area contributed by atoms with Crippen LogP contribution in [0.3, 0.4) is 0 Å². The highest BCUT2D eigenvalue weighted by Gasteiger charge is 2.25. The molecule has 92 valence electrons. The number of amides is 1. The van der Waals surface area contributed by atoms with Gasteiger partial charge in [-0.25, -0.2) is 0 Å². The number of nitrogens with one attached hydrogen (secondary N) is 1. The van der Waals surface area contributed by atoms with Crippen LogP contribution in [0.4, 0.5) is 0 Å². The standard InChI is InChI=1S/C12H22N2O2/c1-14(11-2-5-13-9-11)12(15)8-10-3-6-16-7-4-10/h10-11,13H,2-9H2,1H3/t11-/m0/s1. The summed E-state index contributed by atoms with van der Waals surface area (Å²) in [6.45, 7) is 3.65. The Balaban J connectivity index is 1.77. The third-order valence-corrected chi connectivity index (χ3v) is 3.78. The summed E-state index contributed by atoms with van der Waals surface area (Å²) in [5.74, 6) is 0.846. The first-order valence-corrected chi connectivity index (χ1v) is 6.31. The van der Waals surface area contributed by atoms with Crippen molar-refractivity contribution in [2.24, 2.45) is 5.92 Å². The van der Waals surface area contributed by atoms with E-state index in [2.05, 4.69) is 5.32 Å². The molecule has 0 aromatic rings. The van der Waals surface area contributed by atoms with Gasteiger partial charge in [0.25, 0.3) is 0 Å². The van der Waals surface area contributed by atoms with Crippen molar-refractivity contribution in [2.75, 3.05) is 33.4 Å². The molecule has 2 fully saturated rings. The van der Waals surface area contributed by atoms with E-state index in [4.69, 9.17) is 4.74 Å². The maximum atomic E-state index is 12.1. The number of likely N-dealkylation sites (N-methyl/N-ethyl adjacent to an activating group) is 1. The van der Waals surface area contributed by atoms with Gasteiger partial charge >= 0.3 is 0 Å². The number of rotatable bonds is 3. The smallest absolute Gasteiger partial charge is 0.222 e. The normalized spacial score (nSPS) is 26.9. The van der Waals surface area contributed by atoms with Crippen molar-refractivity contribution in [3.8, 4) is 0 Å². The SMILES string of the molecule is CN(C(=O)CC1CCOCC1)[C@H]1CCNC1. The van der Waals surface area contributed by atoms with E-state index >= 15 is 0 Å². The van der Waals surface area contributed by atoms with Gasteiger partial charge in [-0.1, -0.05) is 0 Å². The third-order valence-electron chi connectivity index (χ3n) is 3.78. The second-order valence-corrected chi connectivity index (χ2v) is 4.91. The van der Waals surface area contributed by atoms with Gasteiger partial charge in [-0.2, -0.15) is 0 Å². The zero-order valence-electron chi connectivity index (χ0n) is 10.1. The Bertz CT molecular complexity index is 233. The molecule has 0 aromatic carbocycles. The van der Waals surface area contributed by atoms with E-state index in [-0.39, 0.29) is 0 Å². The molecule has 0 spiro atoms. The molecule has 0 unspecified atom stereocenters. The van der Waals surface area contributed by atoms with Gasteiger partial charge in [0, 0.05) is 39.3 Å². The Morgan fingerprint density at radius 1 is 1.38 bits per heavy atom. The molecular weight excluding hydrogens is 204 g/mol. The topological polar surface area (TPSA) is 41.6 Å². The fourth-order valence-corrected chi connectivity index (χ4v) is 2.52. The summed E-state index contributed by atoms with van der Waals surface area (Å²) in [6.07, 6.45) is 3.89. The number of nitrogens with zero attached hydrogens (tertiary/aromatic N) is 1. The molecule has 2 aliphatic rings. The van der Waals surface area contributed by atoms with E-state index in [0.717, 1.165) is 45.6 Å². The van der Waals surface area contributed by atoms with Crippen molar-refractivity contribution in [1.29, 1.82) is 0 Å². The molecule has 0 aromatic heterocycles. The van der Waals surface area contributed by atoms with Crippen LogP contribution < -0.4 is 5.32 Å². The van der Waals surface area contributed by atoms with Crippen molar-refractivity contribution in [2.45, 2.75) is 31.7 Å². The van der Waals surface area contributed by atoms with Crippen molar-refractivity contribution < 1.29 is 9.53 Å². The van der Waals surface area contributed by atoms with Crippen molar-refractivity contribution in [3.63, 3.8) is 0 Å². The number of carbonyl (C=O) groups is 1. The van der Waals surface area contributed by atoms with Crippen LogP contribution in [0.25, 0.3) is 0 Å². The molecule has 1 atom stereocenters. The maximum absolute atomic E-state index is 12.1. The van der Waals surface area contributed by atoms with Crippen molar-refractivity contribution in [3.05, 3.63) is 0 Å². The summed E-state index contributed by atoms with van der Waals surface area (Å²) >= 11 is 0. The third kappa shape index (κ3) is 2.95. The van der Waals surface area contributed by atoms with E-state index in [1.165, 1.54) is 0 Å². The van der Waals surface area contributed by atoms with E-state index in [1.807, 2.05) is 11.9 Å². The van der Waals surface area contributed by atoms with Crippen LogP contribution >= 0.6 is 0 Å². The molecule has 2 heterocycles. The largest absolute Gasteiger partial charge is 0.381 e. The van der Waals surface area contributed by atoms with E-state index in [1.54, 1.807) is 0 Å². The van der Waals surface area contributed by atoms with E-state index < -0.39 is 0 Å². The van der Waals surface area contributed by atoms with Gasteiger partial charge < -0.3 is 15.0 Å². The highest BCUT2D eigenvalue weighted by molar-refractivity contribution is 5.76. The zero-order chi connectivity index (χ0) is 11.4. The lowest BCUT2D eigenvalue weighted by Gasteiger charge is -2.27. The van der Waals surface area contributed by atoms with Gasteiger partial charge in [0.15, 0.2) is 0 Å². The first kappa shape index (κ1) is 11.9. The van der Waals surface area contributed by atoms with Gasteiger partial charge in [-0.3, -0.25) is 4.79 Å². The lowest BCUT2D eigenvalue weighted by molar-refractivity contribution is -0.133. The second-order valence-electron chi connectivity index (χ2n) is 4.91. The average Bonchev–Trinajstić information content (AvgIpc) is 2.83. The molecule has 4 heteroatoms. The number of hydrogen-bond donors (Lipinski definition) is 1. The molecule has 0 aliphatic carbocycles.